The Morgan fingerprint density at radius 3 is 3.12 bits per heavy atom. The van der Waals surface area contributed by atoms with Gasteiger partial charge in [-0.25, -0.2) is 0 Å². The molecule has 1 aromatic rings. The Morgan fingerprint density at radius 1 is 1.47 bits per heavy atom. The lowest BCUT2D eigenvalue weighted by atomic mass is 9.88. The number of nitrogens with zero attached hydrogens (tertiary/aromatic N) is 1. The van der Waals surface area contributed by atoms with Gasteiger partial charge in [-0.1, -0.05) is 18.5 Å². The third-order valence-corrected chi connectivity index (χ3v) is 3.96. The fourth-order valence-electron chi connectivity index (χ4n) is 2.92. The van der Waals surface area contributed by atoms with Crippen LogP contribution in [0.4, 0.5) is 11.4 Å². The number of rotatable bonds is 0. The van der Waals surface area contributed by atoms with Crippen LogP contribution in [-0.2, 0) is 4.79 Å². The molecule has 2 aliphatic heterocycles. The molecule has 0 spiro atoms. The third-order valence-electron chi connectivity index (χ3n) is 3.73. The summed E-state index contributed by atoms with van der Waals surface area (Å²) in [7, 11) is 0. The van der Waals surface area contributed by atoms with Gasteiger partial charge in [0, 0.05) is 11.6 Å². The summed E-state index contributed by atoms with van der Waals surface area (Å²) in [4.78, 5) is 14.3. The second-order valence-corrected chi connectivity index (χ2v) is 5.34. The van der Waals surface area contributed by atoms with Crippen LogP contribution >= 0.6 is 11.6 Å². The molecule has 0 bridgehead atoms. The van der Waals surface area contributed by atoms with Crippen LogP contribution in [0.15, 0.2) is 18.2 Å². The van der Waals surface area contributed by atoms with Gasteiger partial charge in [-0.2, -0.15) is 0 Å². The molecule has 0 saturated carbocycles. The number of halogens is 1. The van der Waals surface area contributed by atoms with Gasteiger partial charge in [0.1, 0.15) is 6.04 Å². The molecule has 4 heteroatoms. The summed E-state index contributed by atoms with van der Waals surface area (Å²) in [6.07, 6.45) is 2.27. The fraction of sp³-hybridized carbons (Fsp3) is 0.462. The molecule has 1 aromatic carbocycles. The maximum Gasteiger partial charge on any atom is 0.247 e. The maximum absolute atomic E-state index is 12.1. The first-order chi connectivity index (χ1) is 8.16. The molecule has 17 heavy (non-hydrogen) atoms. The number of nitrogens with one attached hydrogen (secondary N) is 1. The second-order valence-electron chi connectivity index (χ2n) is 4.91. The van der Waals surface area contributed by atoms with E-state index in [1.807, 2.05) is 18.2 Å². The number of piperidine rings is 1. The highest BCUT2D eigenvalue weighted by Crippen LogP contribution is 2.38. The summed E-state index contributed by atoms with van der Waals surface area (Å²) in [5.74, 6) is 0.513. The van der Waals surface area contributed by atoms with E-state index in [0.29, 0.717) is 10.9 Å². The number of fused-ring (bicyclic) bond motifs is 3. The van der Waals surface area contributed by atoms with Crippen molar-refractivity contribution in [3.05, 3.63) is 23.2 Å². The normalized spacial score (nSPS) is 27.2. The van der Waals surface area contributed by atoms with Crippen molar-refractivity contribution in [3.63, 3.8) is 0 Å². The Kier molecular flexibility index (Phi) is 2.51. The average Bonchev–Trinajstić information content (AvgIpc) is 2.28. The largest absolute Gasteiger partial charge is 0.358 e. The molecule has 3 rings (SSSR count). The predicted octanol–water partition coefficient (Wildman–Crippen LogP) is 2.90. The molecule has 0 aromatic heterocycles. The first kappa shape index (κ1) is 10.9. The molecule has 1 fully saturated rings. The molecule has 0 aliphatic carbocycles. The van der Waals surface area contributed by atoms with Crippen LogP contribution < -0.4 is 10.2 Å². The molecular weight excluding hydrogens is 236 g/mol. The molecule has 1 saturated heterocycles. The van der Waals surface area contributed by atoms with Crippen molar-refractivity contribution in [2.75, 3.05) is 16.8 Å². The smallest absolute Gasteiger partial charge is 0.247 e. The predicted molar refractivity (Wildman–Crippen MR) is 69.6 cm³/mol. The van der Waals surface area contributed by atoms with E-state index >= 15 is 0 Å². The van der Waals surface area contributed by atoms with E-state index in [1.54, 1.807) is 0 Å². The molecule has 1 amide bonds. The highest BCUT2D eigenvalue weighted by molar-refractivity contribution is 6.31. The van der Waals surface area contributed by atoms with Gasteiger partial charge in [-0.3, -0.25) is 4.79 Å². The van der Waals surface area contributed by atoms with E-state index in [0.717, 1.165) is 30.8 Å². The first-order valence-electron chi connectivity index (χ1n) is 6.04. The topological polar surface area (TPSA) is 32.3 Å². The molecule has 2 atom stereocenters. The lowest BCUT2D eigenvalue weighted by molar-refractivity contribution is -0.119. The van der Waals surface area contributed by atoms with Crippen LogP contribution in [0.3, 0.4) is 0 Å². The van der Waals surface area contributed by atoms with Crippen LogP contribution in [0, 0.1) is 5.92 Å². The summed E-state index contributed by atoms with van der Waals surface area (Å²) >= 11 is 5.96. The zero-order chi connectivity index (χ0) is 12.0. The number of carbonyl (C=O) groups is 1. The summed E-state index contributed by atoms with van der Waals surface area (Å²) in [5.41, 5.74) is 1.94. The zero-order valence-electron chi connectivity index (χ0n) is 9.74. The van der Waals surface area contributed by atoms with Gasteiger partial charge in [0.25, 0.3) is 0 Å². The van der Waals surface area contributed by atoms with Gasteiger partial charge < -0.3 is 10.2 Å². The van der Waals surface area contributed by atoms with Crippen molar-refractivity contribution in [3.8, 4) is 0 Å². The van der Waals surface area contributed by atoms with Crippen molar-refractivity contribution in [2.24, 2.45) is 5.92 Å². The summed E-state index contributed by atoms with van der Waals surface area (Å²) in [5, 5.41) is 3.63. The minimum absolute atomic E-state index is 0.0163. The van der Waals surface area contributed by atoms with E-state index in [2.05, 4.69) is 17.1 Å². The minimum Gasteiger partial charge on any atom is -0.358 e. The lowest BCUT2D eigenvalue weighted by Gasteiger charge is -2.44. The van der Waals surface area contributed by atoms with Gasteiger partial charge in [0.2, 0.25) is 5.91 Å². The average molecular weight is 251 g/mol. The van der Waals surface area contributed by atoms with Crippen LogP contribution in [0.5, 0.6) is 0 Å². The van der Waals surface area contributed by atoms with E-state index in [9.17, 15) is 4.79 Å². The monoisotopic (exact) mass is 250 g/mol. The molecule has 2 unspecified atom stereocenters. The standard InChI is InChI=1S/C13H15ClN2O/c1-8-3-2-6-16-11-5-4-9(14)7-10(11)15-13(17)12(8)16/h4-5,7-8,12H,2-3,6H2,1H3,(H,15,17). The number of carbonyl (C=O) groups excluding carboxylic acids is 1. The van der Waals surface area contributed by atoms with Crippen LogP contribution in [0.2, 0.25) is 5.02 Å². The van der Waals surface area contributed by atoms with Crippen molar-refractivity contribution >= 4 is 28.9 Å². The molecule has 2 heterocycles. The summed E-state index contributed by atoms with van der Waals surface area (Å²) < 4.78 is 0. The minimum atomic E-state index is -0.0163. The van der Waals surface area contributed by atoms with Crippen molar-refractivity contribution in [1.82, 2.24) is 0 Å². The van der Waals surface area contributed by atoms with Crippen LogP contribution in [0.25, 0.3) is 0 Å². The first-order valence-corrected chi connectivity index (χ1v) is 6.41. The molecule has 3 nitrogen and oxygen atoms in total. The fourth-order valence-corrected chi connectivity index (χ4v) is 3.10. The van der Waals surface area contributed by atoms with Gasteiger partial charge in [0.05, 0.1) is 11.4 Å². The van der Waals surface area contributed by atoms with Crippen molar-refractivity contribution < 1.29 is 4.79 Å². The number of hydrogen-bond donors (Lipinski definition) is 1. The Morgan fingerprint density at radius 2 is 2.29 bits per heavy atom. The van der Waals surface area contributed by atoms with Crippen LogP contribution in [-0.4, -0.2) is 18.5 Å². The summed E-state index contributed by atoms with van der Waals surface area (Å²) in [6, 6.07) is 5.69. The number of hydrogen-bond acceptors (Lipinski definition) is 2. The lowest BCUT2D eigenvalue weighted by Crippen LogP contribution is -2.54. The van der Waals surface area contributed by atoms with Crippen molar-refractivity contribution in [1.29, 1.82) is 0 Å². The zero-order valence-corrected chi connectivity index (χ0v) is 10.5. The quantitative estimate of drug-likeness (QED) is 0.768. The van der Waals surface area contributed by atoms with Crippen molar-refractivity contribution in [2.45, 2.75) is 25.8 Å². The highest BCUT2D eigenvalue weighted by atomic mass is 35.5. The number of benzene rings is 1. The van der Waals surface area contributed by atoms with E-state index < -0.39 is 0 Å². The molecule has 90 valence electrons. The molecule has 1 N–H and O–H groups in total. The Balaban J connectivity index is 2.07. The molecular formula is C13H15ClN2O. The second kappa shape index (κ2) is 3.91. The van der Waals surface area contributed by atoms with Gasteiger partial charge in [0.15, 0.2) is 0 Å². The Hall–Kier alpha value is -1.22. The van der Waals surface area contributed by atoms with E-state index in [-0.39, 0.29) is 11.9 Å². The maximum atomic E-state index is 12.1. The highest BCUT2D eigenvalue weighted by Gasteiger charge is 2.38. The Labute approximate surface area is 106 Å². The summed E-state index contributed by atoms with van der Waals surface area (Å²) in [6.45, 7) is 3.11. The van der Waals surface area contributed by atoms with Gasteiger partial charge >= 0.3 is 0 Å². The third kappa shape index (κ3) is 1.69. The molecule has 0 radical (unpaired) electrons. The Bertz CT molecular complexity index is 474. The van der Waals surface area contributed by atoms with E-state index in [4.69, 9.17) is 11.6 Å². The van der Waals surface area contributed by atoms with Crippen LogP contribution in [0.1, 0.15) is 19.8 Å². The molecule has 2 aliphatic rings. The van der Waals surface area contributed by atoms with Gasteiger partial charge in [-0.05, 0) is 37.0 Å². The number of anilines is 2. The SMILES string of the molecule is CC1CCCN2c3ccc(Cl)cc3NC(=O)C12. The number of amides is 1. The van der Waals surface area contributed by atoms with Gasteiger partial charge in [-0.15, -0.1) is 0 Å². The van der Waals surface area contributed by atoms with E-state index in [1.165, 1.54) is 0 Å².